The van der Waals surface area contributed by atoms with Crippen molar-refractivity contribution in [3.63, 3.8) is 0 Å². The van der Waals surface area contributed by atoms with E-state index in [9.17, 15) is 13.2 Å². The number of fused-ring (bicyclic) bond motifs is 1. The maximum absolute atomic E-state index is 12.5. The minimum absolute atomic E-state index is 0.0766. The molecule has 0 spiro atoms. The number of thiazole rings is 1. The molecule has 0 aliphatic rings. The number of nitrogens with two attached hydrogens (primary N) is 1. The monoisotopic (exact) mass is 648 g/mol. The molecular formula is C28H36N6O8S2. The van der Waals surface area contributed by atoms with Crippen LogP contribution < -0.4 is 19.9 Å². The molecule has 0 aliphatic heterocycles. The molecule has 4 aromatic rings. The lowest BCUT2D eigenvalue weighted by Gasteiger charge is -2.24. The van der Waals surface area contributed by atoms with Crippen LogP contribution >= 0.6 is 11.3 Å². The molecule has 4 N–H and O–H groups in total. The number of hydrogen-bond donors (Lipinski definition) is 3. The van der Waals surface area contributed by atoms with E-state index in [1.807, 2.05) is 32.0 Å². The normalized spacial score (nSPS) is 13.2. The molecule has 0 amide bonds. The maximum atomic E-state index is 12.5. The molecule has 14 nitrogen and oxygen atoms in total. The Hall–Kier alpha value is -3.67. The van der Waals surface area contributed by atoms with Crippen molar-refractivity contribution in [3.05, 3.63) is 59.9 Å². The number of rotatable bonds is 17. The second kappa shape index (κ2) is 15.4. The van der Waals surface area contributed by atoms with Gasteiger partial charge in [0.15, 0.2) is 0 Å². The number of aliphatic hydroxyl groups excluding tert-OH is 1. The van der Waals surface area contributed by atoms with Crippen molar-refractivity contribution in [2.24, 2.45) is 11.1 Å². The lowest BCUT2D eigenvalue weighted by Crippen LogP contribution is -2.44. The first kappa shape index (κ1) is 33.2. The van der Waals surface area contributed by atoms with Crippen LogP contribution in [0.4, 0.5) is 0 Å². The van der Waals surface area contributed by atoms with Crippen molar-refractivity contribution in [3.8, 4) is 11.5 Å². The Morgan fingerprint density at radius 1 is 1.14 bits per heavy atom. The number of carbonyl (C=O) groups excluding carboxylic acids is 1. The van der Waals surface area contributed by atoms with Crippen molar-refractivity contribution >= 4 is 37.5 Å². The maximum Gasteiger partial charge on any atom is 0.325 e. The summed E-state index contributed by atoms with van der Waals surface area (Å²) in [7, 11) is -2.56. The molecule has 0 saturated carbocycles. The van der Waals surface area contributed by atoms with E-state index >= 15 is 0 Å². The summed E-state index contributed by atoms with van der Waals surface area (Å²) in [6.07, 6.45) is 1.78. The third-order valence-electron chi connectivity index (χ3n) is 6.51. The summed E-state index contributed by atoms with van der Waals surface area (Å²) in [6, 6.07) is 11.5. The Kier molecular flexibility index (Phi) is 11.6. The van der Waals surface area contributed by atoms with Crippen molar-refractivity contribution in [1.82, 2.24) is 25.3 Å². The molecule has 2 aromatic heterocycles. The number of aliphatic hydroxyl groups is 1. The SMILES string of the molecule is COC(=O)[C@H](COCc1cccc(OCCO)c1)NC[C@H](C(C)C)n1cc(COc2ccc3nc(S(N)(=O)=O)sc3c2)nn1. The topological polar surface area (TPSA) is 190 Å². The highest BCUT2D eigenvalue weighted by atomic mass is 32.2. The van der Waals surface area contributed by atoms with Gasteiger partial charge in [-0.1, -0.05) is 31.2 Å². The third kappa shape index (κ3) is 9.17. The van der Waals surface area contributed by atoms with E-state index in [1.165, 1.54) is 7.11 Å². The van der Waals surface area contributed by atoms with E-state index in [0.717, 1.165) is 16.9 Å². The van der Waals surface area contributed by atoms with Crippen LogP contribution in [0, 0.1) is 5.92 Å². The summed E-state index contributed by atoms with van der Waals surface area (Å²) in [5.41, 5.74) is 1.96. The minimum Gasteiger partial charge on any atom is -0.491 e. The average molecular weight is 649 g/mol. The number of sulfonamides is 1. The van der Waals surface area contributed by atoms with Crippen molar-refractivity contribution in [2.75, 3.05) is 33.5 Å². The molecule has 44 heavy (non-hydrogen) atoms. The van der Waals surface area contributed by atoms with Crippen LogP contribution in [0.15, 0.2) is 53.0 Å². The first-order chi connectivity index (χ1) is 21.1. The highest BCUT2D eigenvalue weighted by Crippen LogP contribution is 2.28. The van der Waals surface area contributed by atoms with Gasteiger partial charge in [0, 0.05) is 6.54 Å². The number of benzene rings is 2. The van der Waals surface area contributed by atoms with Gasteiger partial charge in [0.1, 0.15) is 36.4 Å². The van der Waals surface area contributed by atoms with Crippen LogP contribution in [0.1, 0.15) is 31.1 Å². The van der Waals surface area contributed by atoms with Gasteiger partial charge in [-0.3, -0.25) is 4.79 Å². The van der Waals surface area contributed by atoms with Crippen LogP contribution in [0.5, 0.6) is 11.5 Å². The first-order valence-corrected chi connectivity index (χ1v) is 16.1. The molecule has 0 bridgehead atoms. The summed E-state index contributed by atoms with van der Waals surface area (Å²) in [5.74, 6) is 0.832. The number of nitrogens with zero attached hydrogens (tertiary/aromatic N) is 4. The Morgan fingerprint density at radius 3 is 2.66 bits per heavy atom. The van der Waals surface area contributed by atoms with Gasteiger partial charge in [-0.15, -0.1) is 16.4 Å². The quantitative estimate of drug-likeness (QED) is 0.142. The number of esters is 1. The molecule has 238 valence electrons. The number of carbonyl (C=O) groups is 1. The zero-order chi connectivity index (χ0) is 31.7. The van der Waals surface area contributed by atoms with Crippen molar-refractivity contribution in [2.45, 2.75) is 43.5 Å². The molecule has 0 radical (unpaired) electrons. The molecule has 0 aliphatic carbocycles. The Bertz CT molecular complexity index is 1640. The summed E-state index contributed by atoms with van der Waals surface area (Å²) in [6.45, 7) is 5.07. The Labute approximate surface area is 259 Å². The average Bonchev–Trinajstić information content (AvgIpc) is 3.65. The van der Waals surface area contributed by atoms with Gasteiger partial charge >= 0.3 is 5.97 Å². The number of hydrogen-bond acceptors (Lipinski definition) is 13. The van der Waals surface area contributed by atoms with E-state index in [-0.39, 0.29) is 49.3 Å². The zero-order valence-corrected chi connectivity index (χ0v) is 26.2. The Morgan fingerprint density at radius 2 is 1.93 bits per heavy atom. The second-order valence-corrected chi connectivity index (χ2v) is 12.9. The standard InChI is InChI=1S/C28H36N6O8S2/c1-18(2)25(13-30-24(27(36)39-3)17-40-15-19-5-4-6-21(11-19)41-10-9-35)34-14-20(32-33-34)16-42-22-7-8-23-26(12-22)43-28(31-23)44(29,37)38/h4-8,11-12,14,18,24-25,30,35H,9-10,13,15-17H2,1-3H3,(H2,29,37,38)/t24-,25+/m0/s1. The summed E-state index contributed by atoms with van der Waals surface area (Å²) in [5, 5.41) is 25.9. The fourth-order valence-electron chi connectivity index (χ4n) is 4.23. The van der Waals surface area contributed by atoms with Crippen LogP contribution in [0.3, 0.4) is 0 Å². The first-order valence-electron chi connectivity index (χ1n) is 13.8. The molecule has 4 rings (SSSR count). The van der Waals surface area contributed by atoms with Gasteiger partial charge in [-0.05, 0) is 41.8 Å². The highest BCUT2D eigenvalue weighted by Gasteiger charge is 2.24. The lowest BCUT2D eigenvalue weighted by molar-refractivity contribution is -0.145. The smallest absolute Gasteiger partial charge is 0.325 e. The summed E-state index contributed by atoms with van der Waals surface area (Å²) >= 11 is 0.972. The molecule has 0 unspecified atom stereocenters. The molecule has 2 atom stereocenters. The van der Waals surface area contributed by atoms with Gasteiger partial charge in [-0.2, -0.15) is 0 Å². The lowest BCUT2D eigenvalue weighted by atomic mass is 10.0. The summed E-state index contributed by atoms with van der Waals surface area (Å²) in [4.78, 5) is 16.5. The third-order valence-corrected chi connectivity index (χ3v) is 8.85. The highest BCUT2D eigenvalue weighted by molar-refractivity contribution is 7.91. The van der Waals surface area contributed by atoms with E-state index in [2.05, 4.69) is 20.6 Å². The van der Waals surface area contributed by atoms with E-state index in [0.29, 0.717) is 34.0 Å². The molecule has 0 saturated heterocycles. The van der Waals surface area contributed by atoms with Crippen LogP contribution in [-0.4, -0.2) is 79.0 Å². The van der Waals surface area contributed by atoms with Crippen molar-refractivity contribution < 1.29 is 37.3 Å². The summed E-state index contributed by atoms with van der Waals surface area (Å²) < 4.78 is 47.5. The van der Waals surface area contributed by atoms with Gasteiger partial charge in [0.05, 0.1) is 49.4 Å². The number of aromatic nitrogens is 4. The fourth-order valence-corrected chi connectivity index (χ4v) is 5.91. The second-order valence-electron chi connectivity index (χ2n) is 10.2. The fraction of sp³-hybridized carbons (Fsp3) is 0.429. The van der Waals surface area contributed by atoms with E-state index < -0.39 is 22.0 Å². The molecular weight excluding hydrogens is 612 g/mol. The number of nitrogens with one attached hydrogen (secondary N) is 1. The number of methoxy groups -OCH3 is 1. The van der Waals surface area contributed by atoms with Gasteiger partial charge in [0.25, 0.3) is 10.0 Å². The Balaban J connectivity index is 1.33. The molecule has 2 heterocycles. The van der Waals surface area contributed by atoms with Gasteiger partial charge < -0.3 is 29.4 Å². The predicted molar refractivity (Wildman–Crippen MR) is 162 cm³/mol. The predicted octanol–water partition coefficient (Wildman–Crippen LogP) is 2.03. The number of ether oxygens (including phenoxy) is 4. The van der Waals surface area contributed by atoms with Gasteiger partial charge in [-0.25, -0.2) is 23.2 Å². The molecule has 16 heteroatoms. The van der Waals surface area contributed by atoms with Crippen LogP contribution in [0.2, 0.25) is 0 Å². The molecule has 2 aromatic carbocycles. The van der Waals surface area contributed by atoms with Crippen molar-refractivity contribution in [1.29, 1.82) is 0 Å². The molecule has 0 fully saturated rings. The van der Waals surface area contributed by atoms with Gasteiger partial charge in [0.2, 0.25) is 4.34 Å². The number of primary sulfonamides is 1. The van der Waals surface area contributed by atoms with Crippen LogP contribution in [-0.2, 0) is 37.5 Å². The largest absolute Gasteiger partial charge is 0.491 e. The van der Waals surface area contributed by atoms with E-state index in [4.69, 9.17) is 29.2 Å². The minimum atomic E-state index is -3.89. The zero-order valence-electron chi connectivity index (χ0n) is 24.6. The van der Waals surface area contributed by atoms with E-state index in [1.54, 1.807) is 35.1 Å². The van der Waals surface area contributed by atoms with Crippen LogP contribution in [0.25, 0.3) is 10.2 Å².